The quantitative estimate of drug-likeness (QED) is 0.579. The zero-order valence-electron chi connectivity index (χ0n) is 10.3. The Hall–Kier alpha value is -0.980. The Bertz CT molecular complexity index is 279. The third-order valence-electron chi connectivity index (χ3n) is 2.06. The summed E-state index contributed by atoms with van der Waals surface area (Å²) in [6.45, 7) is 12.4. The van der Waals surface area contributed by atoms with Crippen molar-refractivity contribution in [3.8, 4) is 0 Å². The van der Waals surface area contributed by atoms with Gasteiger partial charge in [-0.2, -0.15) is 0 Å². The molecule has 0 spiro atoms. The summed E-state index contributed by atoms with van der Waals surface area (Å²) in [4.78, 5) is 0. The van der Waals surface area contributed by atoms with Gasteiger partial charge in [-0.3, -0.25) is 0 Å². The SMILES string of the molecule is CC.CC.CC1(C)C=Cc2cccn21. The Balaban J connectivity index is 0.000000379. The first-order valence-electron chi connectivity index (χ1n) is 5.57. The molecule has 0 saturated carbocycles. The molecule has 2 rings (SSSR count). The van der Waals surface area contributed by atoms with Crippen molar-refractivity contribution in [2.24, 2.45) is 0 Å². The minimum Gasteiger partial charge on any atom is -0.339 e. The van der Waals surface area contributed by atoms with Gasteiger partial charge in [0.05, 0.1) is 5.54 Å². The van der Waals surface area contributed by atoms with Crippen molar-refractivity contribution < 1.29 is 0 Å². The molecule has 0 aliphatic carbocycles. The zero-order chi connectivity index (χ0) is 11.2. The summed E-state index contributed by atoms with van der Waals surface area (Å²) in [7, 11) is 0. The van der Waals surface area contributed by atoms with E-state index in [0.29, 0.717) is 0 Å². The summed E-state index contributed by atoms with van der Waals surface area (Å²) in [5, 5.41) is 0. The fourth-order valence-electron chi connectivity index (χ4n) is 1.42. The first-order chi connectivity index (χ1) is 6.70. The lowest BCUT2D eigenvalue weighted by atomic mass is 10.1. The number of hydrogen-bond acceptors (Lipinski definition) is 0. The molecule has 1 aliphatic rings. The highest BCUT2D eigenvalue weighted by Gasteiger charge is 2.21. The summed E-state index contributed by atoms with van der Waals surface area (Å²) in [5.74, 6) is 0. The van der Waals surface area contributed by atoms with Crippen LogP contribution in [0, 0.1) is 0 Å². The van der Waals surface area contributed by atoms with Crippen molar-refractivity contribution in [1.82, 2.24) is 4.57 Å². The molecule has 0 N–H and O–H groups in total. The van der Waals surface area contributed by atoms with Crippen LogP contribution in [0.4, 0.5) is 0 Å². The van der Waals surface area contributed by atoms with Gasteiger partial charge in [0.25, 0.3) is 0 Å². The maximum atomic E-state index is 2.27. The van der Waals surface area contributed by atoms with Crippen LogP contribution in [0.1, 0.15) is 47.2 Å². The fraction of sp³-hybridized carbons (Fsp3) is 0.538. The van der Waals surface area contributed by atoms with E-state index in [1.165, 1.54) is 5.69 Å². The van der Waals surface area contributed by atoms with Gasteiger partial charge in [0.15, 0.2) is 0 Å². The molecule has 80 valence electrons. The Labute approximate surface area is 88.5 Å². The molecule has 0 radical (unpaired) electrons. The van der Waals surface area contributed by atoms with Gasteiger partial charge in [-0.25, -0.2) is 0 Å². The second-order valence-electron chi connectivity index (χ2n) is 3.29. The van der Waals surface area contributed by atoms with Gasteiger partial charge < -0.3 is 4.57 Å². The number of nitrogens with zero attached hydrogens (tertiary/aromatic N) is 1. The van der Waals surface area contributed by atoms with Gasteiger partial charge in [-0.15, -0.1) is 0 Å². The lowest BCUT2D eigenvalue weighted by Crippen LogP contribution is -2.19. The van der Waals surface area contributed by atoms with E-state index >= 15 is 0 Å². The molecule has 0 amide bonds. The van der Waals surface area contributed by atoms with Gasteiger partial charge in [0.1, 0.15) is 0 Å². The van der Waals surface area contributed by atoms with Crippen LogP contribution in [0.2, 0.25) is 0 Å². The van der Waals surface area contributed by atoms with Gasteiger partial charge >= 0.3 is 0 Å². The van der Waals surface area contributed by atoms with Crippen LogP contribution < -0.4 is 0 Å². The van der Waals surface area contributed by atoms with Gasteiger partial charge in [-0.05, 0) is 32.1 Å². The molecule has 1 aliphatic heterocycles. The lowest BCUT2D eigenvalue weighted by molar-refractivity contribution is 0.469. The Morgan fingerprint density at radius 3 is 2.14 bits per heavy atom. The summed E-state index contributed by atoms with van der Waals surface area (Å²) < 4.78 is 2.27. The average Bonchev–Trinajstić information content (AvgIpc) is 2.78. The molecule has 1 nitrogen and oxygen atoms in total. The molecule has 0 unspecified atom stereocenters. The third-order valence-corrected chi connectivity index (χ3v) is 2.06. The van der Waals surface area contributed by atoms with Crippen LogP contribution in [-0.2, 0) is 5.54 Å². The second kappa shape index (κ2) is 5.69. The minimum atomic E-state index is 0.193. The smallest absolute Gasteiger partial charge is 0.0575 e. The van der Waals surface area contributed by atoms with Crippen LogP contribution in [0.15, 0.2) is 24.4 Å². The largest absolute Gasteiger partial charge is 0.339 e. The van der Waals surface area contributed by atoms with E-state index in [0.717, 1.165) is 0 Å². The third kappa shape index (κ3) is 2.50. The minimum absolute atomic E-state index is 0.193. The molecule has 2 heterocycles. The maximum absolute atomic E-state index is 2.27. The van der Waals surface area contributed by atoms with E-state index in [9.17, 15) is 0 Å². The highest BCUT2D eigenvalue weighted by Crippen LogP contribution is 2.27. The van der Waals surface area contributed by atoms with Crippen LogP contribution in [0.25, 0.3) is 6.08 Å². The molecule has 14 heavy (non-hydrogen) atoms. The van der Waals surface area contributed by atoms with Gasteiger partial charge in [0.2, 0.25) is 0 Å². The predicted octanol–water partition coefficient (Wildman–Crippen LogP) is 4.30. The predicted molar refractivity (Wildman–Crippen MR) is 65.5 cm³/mol. The number of hydrogen-bond donors (Lipinski definition) is 0. The Morgan fingerprint density at radius 1 is 1.07 bits per heavy atom. The van der Waals surface area contributed by atoms with Crippen molar-refractivity contribution >= 4 is 6.08 Å². The molecule has 0 saturated heterocycles. The fourth-order valence-corrected chi connectivity index (χ4v) is 1.42. The van der Waals surface area contributed by atoms with Gasteiger partial charge in [-0.1, -0.05) is 33.8 Å². The molecular weight excluding hydrogens is 170 g/mol. The normalized spacial score (nSPS) is 14.7. The highest BCUT2D eigenvalue weighted by molar-refractivity contribution is 5.52. The molecule has 0 aromatic carbocycles. The van der Waals surface area contributed by atoms with Gasteiger partial charge in [0, 0.05) is 11.9 Å². The Morgan fingerprint density at radius 2 is 1.64 bits per heavy atom. The van der Waals surface area contributed by atoms with Crippen LogP contribution in [0.3, 0.4) is 0 Å². The summed E-state index contributed by atoms with van der Waals surface area (Å²) >= 11 is 0. The summed E-state index contributed by atoms with van der Waals surface area (Å²) in [6, 6.07) is 4.21. The second-order valence-corrected chi connectivity index (χ2v) is 3.29. The Kier molecular flexibility index (Phi) is 5.29. The van der Waals surface area contributed by atoms with Crippen LogP contribution in [0.5, 0.6) is 0 Å². The molecule has 1 heteroatoms. The van der Waals surface area contributed by atoms with Crippen molar-refractivity contribution in [2.45, 2.75) is 47.1 Å². The number of rotatable bonds is 0. The topological polar surface area (TPSA) is 4.93 Å². The van der Waals surface area contributed by atoms with E-state index < -0.39 is 0 Å². The highest BCUT2D eigenvalue weighted by atomic mass is 15.1. The molecule has 1 aromatic rings. The first kappa shape index (κ1) is 13.0. The molecule has 0 atom stereocenters. The van der Waals surface area contributed by atoms with Crippen molar-refractivity contribution in [3.05, 3.63) is 30.1 Å². The molecule has 0 fully saturated rings. The van der Waals surface area contributed by atoms with Crippen LogP contribution in [-0.4, -0.2) is 4.57 Å². The number of allylic oxidation sites excluding steroid dienone is 1. The summed E-state index contributed by atoms with van der Waals surface area (Å²) in [5.41, 5.74) is 1.50. The van der Waals surface area contributed by atoms with E-state index in [4.69, 9.17) is 0 Å². The zero-order valence-corrected chi connectivity index (χ0v) is 10.3. The van der Waals surface area contributed by atoms with E-state index in [1.54, 1.807) is 0 Å². The van der Waals surface area contributed by atoms with Crippen LogP contribution >= 0.6 is 0 Å². The summed E-state index contributed by atoms with van der Waals surface area (Å²) in [6.07, 6.45) is 6.51. The van der Waals surface area contributed by atoms with E-state index in [1.807, 2.05) is 27.7 Å². The van der Waals surface area contributed by atoms with Crippen molar-refractivity contribution in [1.29, 1.82) is 0 Å². The standard InChI is InChI=1S/C9H11N.2C2H6/c1-9(2)6-5-8-4-3-7-10(8)9;2*1-2/h3-7H,1-2H3;2*1-2H3. The van der Waals surface area contributed by atoms with Crippen molar-refractivity contribution in [2.75, 3.05) is 0 Å². The van der Waals surface area contributed by atoms with E-state index in [-0.39, 0.29) is 5.54 Å². The molecule has 0 bridgehead atoms. The molecular formula is C13H23N. The van der Waals surface area contributed by atoms with E-state index in [2.05, 4.69) is 48.9 Å². The first-order valence-corrected chi connectivity index (χ1v) is 5.57. The molecule has 1 aromatic heterocycles. The number of aromatic nitrogens is 1. The monoisotopic (exact) mass is 193 g/mol. The average molecular weight is 193 g/mol. The maximum Gasteiger partial charge on any atom is 0.0575 e. The van der Waals surface area contributed by atoms with Crippen molar-refractivity contribution in [3.63, 3.8) is 0 Å². The lowest BCUT2D eigenvalue weighted by Gasteiger charge is -2.19. The number of fused-ring (bicyclic) bond motifs is 1.